The zero-order chi connectivity index (χ0) is 8.60. The van der Waals surface area contributed by atoms with Gasteiger partial charge in [-0.3, -0.25) is 0 Å². The van der Waals surface area contributed by atoms with Gasteiger partial charge in [-0.15, -0.1) is 0 Å². The normalized spacial score (nSPS) is 38.5. The Morgan fingerprint density at radius 3 is 2.67 bits per heavy atom. The first-order valence-electron chi connectivity index (χ1n) is 4.98. The summed E-state index contributed by atoms with van der Waals surface area (Å²) in [7, 11) is 0. The molecule has 2 rings (SSSR count). The van der Waals surface area contributed by atoms with E-state index in [1.807, 2.05) is 0 Å². The van der Waals surface area contributed by atoms with Crippen LogP contribution in [0, 0.1) is 11.3 Å². The van der Waals surface area contributed by atoms with Crippen LogP contribution in [0.25, 0.3) is 0 Å². The van der Waals surface area contributed by atoms with Crippen molar-refractivity contribution >= 4 is 0 Å². The van der Waals surface area contributed by atoms with Gasteiger partial charge in [0.15, 0.2) is 0 Å². The fourth-order valence-electron chi connectivity index (χ4n) is 2.20. The van der Waals surface area contributed by atoms with Crippen LogP contribution in [-0.2, 0) is 4.74 Å². The summed E-state index contributed by atoms with van der Waals surface area (Å²) < 4.78 is 5.50. The maximum atomic E-state index is 9.16. The number of aliphatic hydroxyl groups is 1. The summed E-state index contributed by atoms with van der Waals surface area (Å²) in [5.74, 6) is 0.708. The monoisotopic (exact) mass is 170 g/mol. The zero-order valence-electron chi connectivity index (χ0n) is 7.75. The Morgan fingerprint density at radius 1 is 1.50 bits per heavy atom. The van der Waals surface area contributed by atoms with Gasteiger partial charge in [0, 0.05) is 13.2 Å². The molecule has 1 saturated carbocycles. The largest absolute Gasteiger partial charge is 0.396 e. The SMILES string of the molecule is CC1OCCC1CC1(CO)CC1. The van der Waals surface area contributed by atoms with Crippen LogP contribution in [0.4, 0.5) is 0 Å². The van der Waals surface area contributed by atoms with Crippen LogP contribution in [0.15, 0.2) is 0 Å². The van der Waals surface area contributed by atoms with Crippen molar-refractivity contribution in [2.75, 3.05) is 13.2 Å². The van der Waals surface area contributed by atoms with Crippen molar-refractivity contribution in [2.45, 2.75) is 38.7 Å². The minimum atomic E-state index is 0.312. The lowest BCUT2D eigenvalue weighted by Gasteiger charge is -2.19. The molecule has 2 fully saturated rings. The van der Waals surface area contributed by atoms with Crippen LogP contribution in [0.2, 0.25) is 0 Å². The highest BCUT2D eigenvalue weighted by Crippen LogP contribution is 2.51. The minimum Gasteiger partial charge on any atom is -0.396 e. The summed E-state index contributed by atoms with van der Waals surface area (Å²) in [5.41, 5.74) is 0.312. The second kappa shape index (κ2) is 3.00. The van der Waals surface area contributed by atoms with E-state index in [2.05, 4.69) is 6.92 Å². The first-order chi connectivity index (χ1) is 5.76. The molecule has 2 unspecified atom stereocenters. The van der Waals surface area contributed by atoms with Crippen molar-refractivity contribution in [2.24, 2.45) is 11.3 Å². The molecule has 12 heavy (non-hydrogen) atoms. The van der Waals surface area contributed by atoms with Crippen LogP contribution in [0.3, 0.4) is 0 Å². The van der Waals surface area contributed by atoms with Crippen molar-refractivity contribution in [3.8, 4) is 0 Å². The summed E-state index contributed by atoms with van der Waals surface area (Å²) in [6.07, 6.45) is 5.27. The molecule has 2 atom stereocenters. The van der Waals surface area contributed by atoms with Crippen molar-refractivity contribution < 1.29 is 9.84 Å². The Morgan fingerprint density at radius 2 is 2.25 bits per heavy atom. The fraction of sp³-hybridized carbons (Fsp3) is 1.00. The van der Waals surface area contributed by atoms with E-state index in [9.17, 15) is 0 Å². The molecule has 2 heteroatoms. The molecule has 0 radical (unpaired) electrons. The molecule has 0 aromatic rings. The average molecular weight is 170 g/mol. The van der Waals surface area contributed by atoms with E-state index in [0.29, 0.717) is 24.0 Å². The molecule has 2 aliphatic rings. The van der Waals surface area contributed by atoms with Gasteiger partial charge in [0.1, 0.15) is 0 Å². The van der Waals surface area contributed by atoms with Gasteiger partial charge in [-0.05, 0) is 43.9 Å². The first kappa shape index (κ1) is 8.52. The van der Waals surface area contributed by atoms with Gasteiger partial charge in [-0.2, -0.15) is 0 Å². The van der Waals surface area contributed by atoms with Crippen LogP contribution in [0.1, 0.15) is 32.6 Å². The standard InChI is InChI=1S/C10H18O2/c1-8-9(2-5-12-8)6-10(7-11)3-4-10/h8-9,11H,2-7H2,1H3. The predicted molar refractivity (Wildman–Crippen MR) is 46.9 cm³/mol. The summed E-state index contributed by atoms with van der Waals surface area (Å²) in [6, 6.07) is 0. The molecule has 70 valence electrons. The van der Waals surface area contributed by atoms with Crippen LogP contribution >= 0.6 is 0 Å². The molecule has 2 nitrogen and oxygen atoms in total. The first-order valence-corrected chi connectivity index (χ1v) is 4.98. The number of hydrogen-bond donors (Lipinski definition) is 1. The second-order valence-corrected chi connectivity index (χ2v) is 4.49. The lowest BCUT2D eigenvalue weighted by molar-refractivity contribution is 0.0906. The molecule has 1 heterocycles. The molecule has 1 saturated heterocycles. The third-order valence-electron chi connectivity index (χ3n) is 3.52. The fourth-order valence-corrected chi connectivity index (χ4v) is 2.20. The summed E-state index contributed by atoms with van der Waals surface area (Å²) >= 11 is 0. The van der Waals surface area contributed by atoms with Crippen molar-refractivity contribution in [1.29, 1.82) is 0 Å². The van der Waals surface area contributed by atoms with Crippen LogP contribution < -0.4 is 0 Å². The molecule has 1 N–H and O–H groups in total. The smallest absolute Gasteiger partial charge is 0.0576 e. The maximum absolute atomic E-state index is 9.16. The van der Waals surface area contributed by atoms with Gasteiger partial charge in [-0.25, -0.2) is 0 Å². The van der Waals surface area contributed by atoms with E-state index in [1.165, 1.54) is 25.7 Å². The highest BCUT2D eigenvalue weighted by molar-refractivity contribution is 4.95. The van der Waals surface area contributed by atoms with E-state index in [0.717, 1.165) is 6.61 Å². The third kappa shape index (κ3) is 1.50. The summed E-state index contributed by atoms with van der Waals surface area (Å²) in [5, 5.41) is 9.16. The number of rotatable bonds is 3. The Kier molecular flexibility index (Phi) is 2.13. The van der Waals surface area contributed by atoms with E-state index < -0.39 is 0 Å². The maximum Gasteiger partial charge on any atom is 0.0576 e. The van der Waals surface area contributed by atoms with E-state index in [1.54, 1.807) is 0 Å². The summed E-state index contributed by atoms with van der Waals surface area (Å²) in [4.78, 5) is 0. The number of hydrogen-bond acceptors (Lipinski definition) is 2. The molecular weight excluding hydrogens is 152 g/mol. The Bertz CT molecular complexity index is 163. The lowest BCUT2D eigenvalue weighted by atomic mass is 9.88. The Labute approximate surface area is 73.9 Å². The molecule has 1 aliphatic carbocycles. The number of aliphatic hydroxyl groups excluding tert-OH is 1. The molecule has 0 aromatic carbocycles. The highest BCUT2D eigenvalue weighted by atomic mass is 16.5. The molecule has 0 spiro atoms. The minimum absolute atomic E-state index is 0.312. The van der Waals surface area contributed by atoms with Crippen molar-refractivity contribution in [3.05, 3.63) is 0 Å². The van der Waals surface area contributed by atoms with Crippen molar-refractivity contribution in [1.82, 2.24) is 0 Å². The zero-order valence-corrected chi connectivity index (χ0v) is 7.75. The van der Waals surface area contributed by atoms with E-state index in [-0.39, 0.29) is 0 Å². The van der Waals surface area contributed by atoms with Gasteiger partial charge in [0.2, 0.25) is 0 Å². The average Bonchev–Trinajstić information content (AvgIpc) is 2.74. The molecule has 0 bridgehead atoms. The quantitative estimate of drug-likeness (QED) is 0.696. The van der Waals surface area contributed by atoms with Crippen molar-refractivity contribution in [3.63, 3.8) is 0 Å². The topological polar surface area (TPSA) is 29.5 Å². The summed E-state index contributed by atoms with van der Waals surface area (Å²) in [6.45, 7) is 3.47. The van der Waals surface area contributed by atoms with E-state index >= 15 is 0 Å². The van der Waals surface area contributed by atoms with E-state index in [4.69, 9.17) is 9.84 Å². The van der Waals surface area contributed by atoms with Crippen LogP contribution in [-0.4, -0.2) is 24.4 Å². The molecular formula is C10H18O2. The third-order valence-corrected chi connectivity index (χ3v) is 3.52. The van der Waals surface area contributed by atoms with Gasteiger partial charge < -0.3 is 9.84 Å². The van der Waals surface area contributed by atoms with Gasteiger partial charge in [0.05, 0.1) is 6.10 Å². The van der Waals surface area contributed by atoms with Gasteiger partial charge in [0.25, 0.3) is 0 Å². The molecule has 0 aromatic heterocycles. The predicted octanol–water partition coefficient (Wildman–Crippen LogP) is 1.57. The van der Waals surface area contributed by atoms with Gasteiger partial charge in [-0.1, -0.05) is 0 Å². The Balaban J connectivity index is 1.86. The van der Waals surface area contributed by atoms with Crippen LogP contribution in [0.5, 0.6) is 0 Å². The number of ether oxygens (including phenoxy) is 1. The molecule has 1 aliphatic heterocycles. The Hall–Kier alpha value is -0.0800. The molecule has 0 amide bonds. The second-order valence-electron chi connectivity index (χ2n) is 4.49. The van der Waals surface area contributed by atoms with Gasteiger partial charge >= 0.3 is 0 Å². The lowest BCUT2D eigenvalue weighted by Crippen LogP contribution is -2.18. The highest BCUT2D eigenvalue weighted by Gasteiger charge is 2.45.